The van der Waals surface area contributed by atoms with Crippen molar-refractivity contribution in [1.29, 1.82) is 0 Å². The number of carbonyl (C=O) groups is 2. The Balaban J connectivity index is 1.57. The lowest BCUT2D eigenvalue weighted by atomic mass is 9.93. The summed E-state index contributed by atoms with van der Waals surface area (Å²) in [4.78, 5) is 35.9. The second-order valence-electron chi connectivity index (χ2n) is 8.29. The highest BCUT2D eigenvalue weighted by Gasteiger charge is 2.28. The molecule has 0 radical (unpaired) electrons. The molecule has 0 spiro atoms. The predicted molar refractivity (Wildman–Crippen MR) is 127 cm³/mol. The summed E-state index contributed by atoms with van der Waals surface area (Å²) >= 11 is 0. The Bertz CT molecular complexity index is 1340. The van der Waals surface area contributed by atoms with Crippen molar-refractivity contribution in [2.24, 2.45) is 5.10 Å². The number of rotatable bonds is 5. The monoisotopic (exact) mass is 460 g/mol. The van der Waals surface area contributed by atoms with E-state index in [-0.39, 0.29) is 22.9 Å². The van der Waals surface area contributed by atoms with E-state index in [4.69, 9.17) is 4.42 Å². The van der Waals surface area contributed by atoms with Gasteiger partial charge in [0.15, 0.2) is 5.76 Å². The summed E-state index contributed by atoms with van der Waals surface area (Å²) in [7, 11) is 0. The molecule has 0 saturated carbocycles. The average molecular weight is 460 g/mol. The van der Waals surface area contributed by atoms with Crippen molar-refractivity contribution in [3.63, 3.8) is 0 Å². The van der Waals surface area contributed by atoms with Gasteiger partial charge in [0, 0.05) is 40.9 Å². The van der Waals surface area contributed by atoms with Gasteiger partial charge in [-0.3, -0.25) is 19.7 Å². The molecule has 2 N–H and O–H groups in total. The van der Waals surface area contributed by atoms with Crippen LogP contribution in [0.1, 0.15) is 61.8 Å². The Morgan fingerprint density at radius 3 is 2.59 bits per heavy atom. The maximum Gasteiger partial charge on any atom is 0.291 e. The molecule has 0 bridgehead atoms. The summed E-state index contributed by atoms with van der Waals surface area (Å²) in [6.45, 7) is 5.71. The molecule has 0 fully saturated rings. The van der Waals surface area contributed by atoms with Gasteiger partial charge >= 0.3 is 0 Å². The van der Waals surface area contributed by atoms with Gasteiger partial charge < -0.3 is 9.73 Å². The Kier molecular flexibility index (Phi) is 6.27. The van der Waals surface area contributed by atoms with Gasteiger partial charge in [0.25, 0.3) is 17.5 Å². The van der Waals surface area contributed by atoms with E-state index in [2.05, 4.69) is 15.8 Å². The fourth-order valence-electron chi connectivity index (χ4n) is 4.07. The molecule has 0 aliphatic heterocycles. The van der Waals surface area contributed by atoms with E-state index in [0.717, 1.165) is 23.1 Å². The molecule has 0 unspecified atom stereocenters. The molecule has 1 aliphatic rings. The van der Waals surface area contributed by atoms with E-state index in [1.165, 1.54) is 24.3 Å². The molecule has 1 aliphatic carbocycles. The molecule has 0 atom stereocenters. The van der Waals surface area contributed by atoms with Crippen molar-refractivity contribution in [3.8, 4) is 0 Å². The molecule has 9 heteroatoms. The van der Waals surface area contributed by atoms with Crippen LogP contribution in [0.5, 0.6) is 0 Å². The van der Waals surface area contributed by atoms with E-state index >= 15 is 0 Å². The molecular weight excluding hydrogens is 436 g/mol. The number of nitro benzene ring substituents is 1. The summed E-state index contributed by atoms with van der Waals surface area (Å²) in [5.41, 5.74) is 7.18. The number of benzene rings is 2. The predicted octanol–water partition coefficient (Wildman–Crippen LogP) is 4.84. The first-order chi connectivity index (χ1) is 16.2. The Labute approximate surface area is 196 Å². The molecule has 34 heavy (non-hydrogen) atoms. The number of hydrazone groups is 1. The zero-order valence-electron chi connectivity index (χ0n) is 19.1. The number of nitrogens with one attached hydrogen (secondary N) is 2. The number of nitrogens with zero attached hydrogens (tertiary/aromatic N) is 2. The third-order valence-corrected chi connectivity index (χ3v) is 5.77. The maximum absolute atomic E-state index is 13.0. The quantitative estimate of drug-likeness (QED) is 0.416. The number of hydrogen-bond acceptors (Lipinski definition) is 6. The van der Waals surface area contributed by atoms with Crippen LogP contribution in [0.3, 0.4) is 0 Å². The number of hydrogen-bond donors (Lipinski definition) is 2. The van der Waals surface area contributed by atoms with E-state index in [0.29, 0.717) is 35.6 Å². The molecule has 3 aromatic rings. The van der Waals surface area contributed by atoms with Crippen LogP contribution in [0, 0.1) is 30.9 Å². The van der Waals surface area contributed by atoms with Crippen LogP contribution in [0.25, 0.3) is 0 Å². The van der Waals surface area contributed by atoms with Gasteiger partial charge in [0.2, 0.25) is 0 Å². The Morgan fingerprint density at radius 2 is 1.85 bits per heavy atom. The van der Waals surface area contributed by atoms with Crippen molar-refractivity contribution < 1.29 is 18.9 Å². The van der Waals surface area contributed by atoms with Gasteiger partial charge in [-0.15, -0.1) is 0 Å². The Hall–Kier alpha value is -4.27. The summed E-state index contributed by atoms with van der Waals surface area (Å²) in [5, 5.41) is 18.1. The SMILES string of the molecule is Cc1ccc(NC(=O)c2oc3c(c2C)/C(=N/NC(=O)c2cccc([N+](=O)[O-])c2)CCC3)c(C)c1. The molecule has 2 amide bonds. The van der Waals surface area contributed by atoms with Crippen molar-refractivity contribution in [1.82, 2.24) is 5.43 Å². The van der Waals surface area contributed by atoms with Gasteiger partial charge in [0.1, 0.15) is 5.76 Å². The highest BCUT2D eigenvalue weighted by atomic mass is 16.6. The molecule has 1 aromatic heterocycles. The van der Waals surface area contributed by atoms with Crippen LogP contribution in [-0.4, -0.2) is 22.4 Å². The lowest BCUT2D eigenvalue weighted by Crippen LogP contribution is -2.22. The van der Waals surface area contributed by atoms with Crippen molar-refractivity contribution in [2.75, 3.05) is 5.32 Å². The fraction of sp³-hybridized carbons (Fsp3) is 0.240. The van der Waals surface area contributed by atoms with Gasteiger partial charge in [-0.25, -0.2) is 5.43 Å². The van der Waals surface area contributed by atoms with Crippen LogP contribution in [0.4, 0.5) is 11.4 Å². The molecule has 2 aromatic carbocycles. The second kappa shape index (κ2) is 9.30. The molecule has 9 nitrogen and oxygen atoms in total. The zero-order valence-corrected chi connectivity index (χ0v) is 19.1. The zero-order chi connectivity index (χ0) is 24.4. The van der Waals surface area contributed by atoms with E-state index in [9.17, 15) is 19.7 Å². The summed E-state index contributed by atoms with van der Waals surface area (Å²) in [5.74, 6) is -0.0430. The minimum atomic E-state index is -0.560. The van der Waals surface area contributed by atoms with Gasteiger partial charge in [0.05, 0.1) is 10.6 Å². The lowest BCUT2D eigenvalue weighted by molar-refractivity contribution is -0.384. The van der Waals surface area contributed by atoms with Crippen molar-refractivity contribution in [3.05, 3.63) is 91.9 Å². The number of fused-ring (bicyclic) bond motifs is 1. The third kappa shape index (κ3) is 4.59. The Morgan fingerprint density at radius 1 is 1.06 bits per heavy atom. The smallest absolute Gasteiger partial charge is 0.291 e. The van der Waals surface area contributed by atoms with Crippen LogP contribution < -0.4 is 10.7 Å². The normalized spacial score (nSPS) is 13.9. The highest BCUT2D eigenvalue weighted by molar-refractivity contribution is 6.09. The first kappa shape index (κ1) is 22.9. The summed E-state index contributed by atoms with van der Waals surface area (Å²) in [6.07, 6.45) is 2.01. The van der Waals surface area contributed by atoms with Crippen molar-refractivity contribution >= 4 is 28.9 Å². The van der Waals surface area contributed by atoms with E-state index < -0.39 is 10.8 Å². The third-order valence-electron chi connectivity index (χ3n) is 5.77. The highest BCUT2D eigenvalue weighted by Crippen LogP contribution is 2.30. The minimum absolute atomic E-state index is 0.132. The molecule has 0 saturated heterocycles. The van der Waals surface area contributed by atoms with Gasteiger partial charge in [-0.05, 0) is 51.3 Å². The van der Waals surface area contributed by atoms with Gasteiger partial charge in [-0.1, -0.05) is 23.8 Å². The van der Waals surface area contributed by atoms with Crippen LogP contribution in [0.15, 0.2) is 52.0 Å². The first-order valence-electron chi connectivity index (χ1n) is 10.9. The maximum atomic E-state index is 13.0. The standard InChI is InChI=1S/C25H24N4O5/c1-14-10-11-19(15(2)12-14)26-25(31)23-16(3)22-20(8-5-9-21(22)34-23)27-28-24(30)17-6-4-7-18(13-17)29(32)33/h4,6-7,10-13H,5,8-9H2,1-3H3,(H,26,31)(H,28,30)/b27-20+. The summed E-state index contributed by atoms with van der Waals surface area (Å²) < 4.78 is 5.92. The van der Waals surface area contributed by atoms with E-state index in [1.54, 1.807) is 6.92 Å². The van der Waals surface area contributed by atoms with Crippen LogP contribution in [0.2, 0.25) is 0 Å². The molecule has 1 heterocycles. The molecular formula is C25H24N4O5. The number of carbonyl (C=O) groups excluding carboxylic acids is 2. The van der Waals surface area contributed by atoms with Crippen LogP contribution >= 0.6 is 0 Å². The largest absolute Gasteiger partial charge is 0.455 e. The number of amides is 2. The number of nitro groups is 1. The summed E-state index contributed by atoms with van der Waals surface area (Å²) in [6, 6.07) is 11.2. The average Bonchev–Trinajstić information content (AvgIpc) is 3.16. The second-order valence-corrected chi connectivity index (χ2v) is 8.29. The first-order valence-corrected chi connectivity index (χ1v) is 10.9. The fourth-order valence-corrected chi connectivity index (χ4v) is 4.07. The lowest BCUT2D eigenvalue weighted by Gasteiger charge is -2.13. The molecule has 4 rings (SSSR count). The number of aryl methyl sites for hydroxylation is 3. The minimum Gasteiger partial charge on any atom is -0.455 e. The van der Waals surface area contributed by atoms with E-state index in [1.807, 2.05) is 32.0 Å². The number of anilines is 1. The van der Waals surface area contributed by atoms with Gasteiger partial charge in [-0.2, -0.15) is 5.10 Å². The number of furan rings is 1. The number of non-ortho nitro benzene ring substituents is 1. The molecule has 174 valence electrons. The van der Waals surface area contributed by atoms with Crippen LogP contribution in [-0.2, 0) is 6.42 Å². The van der Waals surface area contributed by atoms with Crippen molar-refractivity contribution in [2.45, 2.75) is 40.0 Å². The topological polar surface area (TPSA) is 127 Å².